The Morgan fingerprint density at radius 2 is 2.05 bits per heavy atom. The van der Waals surface area contributed by atoms with Gasteiger partial charge in [-0.1, -0.05) is 22.0 Å². The van der Waals surface area contributed by atoms with Crippen LogP contribution in [0.3, 0.4) is 0 Å². The molecular weight excluding hydrogens is 333 g/mol. The van der Waals surface area contributed by atoms with Crippen molar-refractivity contribution in [1.29, 1.82) is 0 Å². The number of H-pyrrole nitrogens is 1. The Labute approximate surface area is 130 Å². The first-order valence-corrected chi connectivity index (χ1v) is 7.50. The molecule has 0 bridgehead atoms. The lowest BCUT2D eigenvalue weighted by Crippen LogP contribution is -2.08. The zero-order chi connectivity index (χ0) is 15.0. The number of nitrogens with zero attached hydrogens (tertiary/aromatic N) is 1. The number of hydrogen-bond acceptors (Lipinski definition) is 2. The van der Waals surface area contributed by atoms with Crippen molar-refractivity contribution in [2.45, 2.75) is 19.9 Å². The quantitative estimate of drug-likeness (QED) is 0.703. The summed E-state index contributed by atoms with van der Waals surface area (Å²) < 4.78 is 14.7. The first-order valence-electron chi connectivity index (χ1n) is 6.71. The van der Waals surface area contributed by atoms with Gasteiger partial charge in [0.05, 0.1) is 17.1 Å². The predicted molar refractivity (Wildman–Crippen MR) is 87.0 cm³/mol. The fourth-order valence-corrected chi connectivity index (χ4v) is 2.74. The van der Waals surface area contributed by atoms with Crippen LogP contribution in [-0.2, 0) is 0 Å². The van der Waals surface area contributed by atoms with E-state index in [1.54, 1.807) is 6.07 Å². The second kappa shape index (κ2) is 5.48. The summed E-state index contributed by atoms with van der Waals surface area (Å²) in [5.41, 5.74) is 3.47. The van der Waals surface area contributed by atoms with Crippen molar-refractivity contribution in [2.75, 3.05) is 5.32 Å². The van der Waals surface area contributed by atoms with Crippen LogP contribution >= 0.6 is 15.9 Å². The summed E-state index contributed by atoms with van der Waals surface area (Å²) in [4.78, 5) is 7.57. The lowest BCUT2D eigenvalue weighted by molar-refractivity contribution is 0.599. The molecule has 0 amide bonds. The topological polar surface area (TPSA) is 40.7 Å². The average Bonchev–Trinajstić information content (AvgIpc) is 2.77. The van der Waals surface area contributed by atoms with Crippen LogP contribution in [0.1, 0.15) is 24.4 Å². The third kappa shape index (κ3) is 2.93. The maximum atomic E-state index is 14.0. The van der Waals surface area contributed by atoms with Crippen molar-refractivity contribution in [3.8, 4) is 0 Å². The number of rotatable bonds is 3. The fraction of sp³-hybridized carbons (Fsp3) is 0.188. The Balaban J connectivity index is 1.86. The molecule has 3 rings (SSSR count). The van der Waals surface area contributed by atoms with Gasteiger partial charge in [0.25, 0.3) is 0 Å². The van der Waals surface area contributed by atoms with Crippen molar-refractivity contribution in [1.82, 2.24) is 9.97 Å². The first kappa shape index (κ1) is 14.1. The zero-order valence-corrected chi connectivity index (χ0v) is 13.3. The van der Waals surface area contributed by atoms with Gasteiger partial charge in [-0.15, -0.1) is 0 Å². The third-order valence-electron chi connectivity index (χ3n) is 3.41. The molecule has 108 valence electrons. The van der Waals surface area contributed by atoms with Gasteiger partial charge in [0, 0.05) is 15.7 Å². The minimum atomic E-state index is -0.220. The Kier molecular flexibility index (Phi) is 3.68. The fourth-order valence-electron chi connectivity index (χ4n) is 2.41. The van der Waals surface area contributed by atoms with Gasteiger partial charge < -0.3 is 10.3 Å². The molecule has 0 radical (unpaired) electrons. The highest BCUT2D eigenvalue weighted by Gasteiger charge is 2.11. The van der Waals surface area contributed by atoms with E-state index < -0.39 is 0 Å². The van der Waals surface area contributed by atoms with Gasteiger partial charge in [-0.05, 0) is 44.2 Å². The molecule has 0 aliphatic heterocycles. The molecule has 1 heterocycles. The SMILES string of the molecule is Cc1nc2ccc(NC(C)c3ccc(Br)cc3F)cc2[nH]1. The number of fused-ring (bicyclic) bond motifs is 1. The van der Waals surface area contributed by atoms with Crippen LogP contribution in [0.15, 0.2) is 40.9 Å². The molecule has 3 aromatic rings. The minimum absolute atomic E-state index is 0.125. The van der Waals surface area contributed by atoms with E-state index >= 15 is 0 Å². The van der Waals surface area contributed by atoms with Crippen molar-refractivity contribution in [3.05, 3.63) is 58.1 Å². The maximum absolute atomic E-state index is 14.0. The van der Waals surface area contributed by atoms with Crippen molar-refractivity contribution < 1.29 is 4.39 Å². The number of anilines is 1. The van der Waals surface area contributed by atoms with Crippen molar-refractivity contribution in [2.24, 2.45) is 0 Å². The molecule has 0 aliphatic carbocycles. The standard InChI is InChI=1S/C16H15BrFN3/c1-9(13-5-3-11(17)7-14(13)18)19-12-4-6-15-16(8-12)21-10(2)20-15/h3-9,19H,1-2H3,(H,20,21). The number of aromatic nitrogens is 2. The molecular formula is C16H15BrFN3. The molecule has 21 heavy (non-hydrogen) atoms. The van der Waals surface area contributed by atoms with Crippen molar-refractivity contribution in [3.63, 3.8) is 0 Å². The van der Waals surface area contributed by atoms with Crippen LogP contribution in [-0.4, -0.2) is 9.97 Å². The number of benzene rings is 2. The van der Waals surface area contributed by atoms with E-state index in [1.165, 1.54) is 6.07 Å². The highest BCUT2D eigenvalue weighted by Crippen LogP contribution is 2.25. The molecule has 3 nitrogen and oxygen atoms in total. The highest BCUT2D eigenvalue weighted by atomic mass is 79.9. The van der Waals surface area contributed by atoms with Gasteiger partial charge in [0.15, 0.2) is 0 Å². The number of hydrogen-bond donors (Lipinski definition) is 2. The van der Waals surface area contributed by atoms with E-state index in [4.69, 9.17) is 0 Å². The van der Waals surface area contributed by atoms with E-state index in [0.717, 1.165) is 27.0 Å². The van der Waals surface area contributed by atoms with Crippen LogP contribution in [0.4, 0.5) is 10.1 Å². The highest BCUT2D eigenvalue weighted by molar-refractivity contribution is 9.10. The van der Waals surface area contributed by atoms with Crippen LogP contribution in [0.25, 0.3) is 11.0 Å². The molecule has 2 N–H and O–H groups in total. The number of aryl methyl sites for hydroxylation is 1. The molecule has 1 unspecified atom stereocenters. The normalized spacial score (nSPS) is 12.6. The summed E-state index contributed by atoms with van der Waals surface area (Å²) in [6.45, 7) is 3.86. The molecule has 1 atom stereocenters. The largest absolute Gasteiger partial charge is 0.378 e. The van der Waals surface area contributed by atoms with E-state index in [0.29, 0.717) is 5.56 Å². The lowest BCUT2D eigenvalue weighted by Gasteiger charge is -2.16. The Morgan fingerprint density at radius 3 is 2.81 bits per heavy atom. The molecule has 1 aromatic heterocycles. The predicted octanol–water partition coefficient (Wildman–Crippen LogP) is 4.95. The van der Waals surface area contributed by atoms with E-state index in [1.807, 2.05) is 38.1 Å². The summed E-state index contributed by atoms with van der Waals surface area (Å²) in [6.07, 6.45) is 0. The summed E-state index contributed by atoms with van der Waals surface area (Å²) in [6, 6.07) is 10.9. The zero-order valence-electron chi connectivity index (χ0n) is 11.7. The minimum Gasteiger partial charge on any atom is -0.378 e. The van der Waals surface area contributed by atoms with Gasteiger partial charge in [-0.2, -0.15) is 0 Å². The Hall–Kier alpha value is -1.88. The number of aromatic amines is 1. The Morgan fingerprint density at radius 1 is 1.24 bits per heavy atom. The summed E-state index contributed by atoms with van der Waals surface area (Å²) in [5, 5.41) is 3.32. The second-order valence-electron chi connectivity index (χ2n) is 5.09. The van der Waals surface area contributed by atoms with Crippen LogP contribution in [0.2, 0.25) is 0 Å². The molecule has 0 saturated heterocycles. The second-order valence-corrected chi connectivity index (χ2v) is 6.00. The van der Waals surface area contributed by atoms with Gasteiger partial charge in [0.2, 0.25) is 0 Å². The van der Waals surface area contributed by atoms with E-state index in [2.05, 4.69) is 31.2 Å². The maximum Gasteiger partial charge on any atom is 0.129 e. The third-order valence-corrected chi connectivity index (χ3v) is 3.91. The van der Waals surface area contributed by atoms with Gasteiger partial charge in [-0.25, -0.2) is 9.37 Å². The summed E-state index contributed by atoms with van der Waals surface area (Å²) in [7, 11) is 0. The van der Waals surface area contributed by atoms with Gasteiger partial charge >= 0.3 is 0 Å². The molecule has 0 spiro atoms. The Bertz CT molecular complexity index is 797. The lowest BCUT2D eigenvalue weighted by atomic mass is 10.1. The summed E-state index contributed by atoms with van der Waals surface area (Å²) in [5.74, 6) is 0.664. The smallest absolute Gasteiger partial charge is 0.129 e. The summed E-state index contributed by atoms with van der Waals surface area (Å²) >= 11 is 3.27. The monoisotopic (exact) mass is 347 g/mol. The van der Waals surface area contributed by atoms with E-state index in [9.17, 15) is 4.39 Å². The van der Waals surface area contributed by atoms with Crippen molar-refractivity contribution >= 4 is 32.7 Å². The van der Waals surface area contributed by atoms with Gasteiger partial charge in [0.1, 0.15) is 11.6 Å². The number of halogens is 2. The van der Waals surface area contributed by atoms with Gasteiger partial charge in [-0.3, -0.25) is 0 Å². The molecule has 2 aromatic carbocycles. The van der Waals surface area contributed by atoms with Crippen LogP contribution in [0.5, 0.6) is 0 Å². The van der Waals surface area contributed by atoms with Crippen LogP contribution in [0, 0.1) is 12.7 Å². The molecule has 0 aliphatic rings. The van der Waals surface area contributed by atoms with Crippen LogP contribution < -0.4 is 5.32 Å². The average molecular weight is 348 g/mol. The van der Waals surface area contributed by atoms with E-state index in [-0.39, 0.29) is 11.9 Å². The number of imidazole rings is 1. The first-order chi connectivity index (χ1) is 10.0. The molecule has 5 heteroatoms. The molecule has 0 fully saturated rings. The molecule has 0 saturated carbocycles. The number of nitrogens with one attached hydrogen (secondary N) is 2.